The highest BCUT2D eigenvalue weighted by atomic mass is 16.5. The van der Waals surface area contributed by atoms with Gasteiger partial charge in [0, 0.05) is 58.1 Å². The number of aromatic nitrogens is 1. The summed E-state index contributed by atoms with van der Waals surface area (Å²) in [7, 11) is 1.88. The lowest BCUT2D eigenvalue weighted by atomic mass is 9.86. The Kier molecular flexibility index (Phi) is 8.16. The summed E-state index contributed by atoms with van der Waals surface area (Å²) in [5.41, 5.74) is 1.88. The Labute approximate surface area is 202 Å². The van der Waals surface area contributed by atoms with E-state index in [2.05, 4.69) is 22.0 Å². The van der Waals surface area contributed by atoms with Crippen molar-refractivity contribution in [1.29, 1.82) is 0 Å². The Hall–Kier alpha value is -2.93. The van der Waals surface area contributed by atoms with Gasteiger partial charge in [0.2, 0.25) is 5.91 Å². The van der Waals surface area contributed by atoms with E-state index in [0.717, 1.165) is 51.9 Å². The summed E-state index contributed by atoms with van der Waals surface area (Å²) in [6.07, 6.45) is 7.87. The molecule has 2 aliphatic heterocycles. The molecule has 2 aromatic rings. The van der Waals surface area contributed by atoms with Crippen LogP contribution in [0.2, 0.25) is 0 Å². The Morgan fingerprint density at radius 1 is 1.09 bits per heavy atom. The van der Waals surface area contributed by atoms with Crippen LogP contribution in [0.4, 0.5) is 0 Å². The maximum Gasteiger partial charge on any atom is 0.254 e. The third-order valence-electron chi connectivity index (χ3n) is 7.20. The minimum atomic E-state index is -0.0139. The molecule has 2 atom stereocenters. The maximum absolute atomic E-state index is 13.4. The standard InChI is InChI=1S/C27H36N4O3/c1-21(32)31-15-11-23-6-3-4-14-30(19-22-9-12-28-13-10-22)16-17-34-25-8-5-7-24(18-25)27(33)29(2)26(23)20-31/h5,7-10,12-13,18,23,26H,3-4,6,11,14-17,19-20H2,1-2H3/t23-,26+/m1/s1. The van der Waals surface area contributed by atoms with Crippen molar-refractivity contribution < 1.29 is 14.3 Å². The van der Waals surface area contributed by atoms with Crippen molar-refractivity contribution in [3.63, 3.8) is 0 Å². The third-order valence-corrected chi connectivity index (χ3v) is 7.20. The average molecular weight is 465 g/mol. The predicted octanol–water partition coefficient (Wildman–Crippen LogP) is 3.46. The van der Waals surface area contributed by atoms with Gasteiger partial charge in [-0.05, 0) is 67.6 Å². The van der Waals surface area contributed by atoms with Crippen molar-refractivity contribution in [3.05, 3.63) is 59.9 Å². The molecule has 1 aromatic carbocycles. The molecule has 0 radical (unpaired) electrons. The van der Waals surface area contributed by atoms with Gasteiger partial charge in [0.1, 0.15) is 12.4 Å². The summed E-state index contributed by atoms with van der Waals surface area (Å²) in [6.45, 7) is 6.25. The van der Waals surface area contributed by atoms with Gasteiger partial charge >= 0.3 is 0 Å². The van der Waals surface area contributed by atoms with Crippen molar-refractivity contribution in [1.82, 2.24) is 19.7 Å². The van der Waals surface area contributed by atoms with Crippen molar-refractivity contribution in [2.75, 3.05) is 39.8 Å². The van der Waals surface area contributed by atoms with Crippen LogP contribution in [-0.2, 0) is 11.3 Å². The van der Waals surface area contributed by atoms with Gasteiger partial charge in [-0.2, -0.15) is 0 Å². The van der Waals surface area contributed by atoms with Crippen LogP contribution in [0.5, 0.6) is 5.75 Å². The van der Waals surface area contributed by atoms with E-state index in [1.807, 2.05) is 53.5 Å². The lowest BCUT2D eigenvalue weighted by Crippen LogP contribution is -2.54. The smallest absolute Gasteiger partial charge is 0.254 e. The first-order valence-electron chi connectivity index (χ1n) is 12.4. The van der Waals surface area contributed by atoms with Crippen LogP contribution in [-0.4, -0.2) is 77.4 Å². The third kappa shape index (κ3) is 6.14. The molecule has 0 N–H and O–H groups in total. The van der Waals surface area contributed by atoms with Gasteiger partial charge in [0.25, 0.3) is 5.91 Å². The van der Waals surface area contributed by atoms with E-state index in [9.17, 15) is 9.59 Å². The molecule has 182 valence electrons. The molecule has 1 fully saturated rings. The zero-order chi connectivity index (χ0) is 23.9. The highest BCUT2D eigenvalue weighted by Crippen LogP contribution is 2.28. The fourth-order valence-corrected chi connectivity index (χ4v) is 5.17. The number of nitrogens with zero attached hydrogens (tertiary/aromatic N) is 4. The van der Waals surface area contributed by atoms with E-state index in [-0.39, 0.29) is 17.9 Å². The largest absolute Gasteiger partial charge is 0.492 e. The van der Waals surface area contributed by atoms with Gasteiger partial charge in [-0.3, -0.25) is 19.5 Å². The number of likely N-dealkylation sites (tertiary alicyclic amines) is 1. The van der Waals surface area contributed by atoms with Crippen LogP contribution in [0.25, 0.3) is 0 Å². The number of pyridine rings is 1. The molecule has 0 aliphatic carbocycles. The van der Waals surface area contributed by atoms with E-state index < -0.39 is 0 Å². The topological polar surface area (TPSA) is 66.0 Å². The molecule has 34 heavy (non-hydrogen) atoms. The minimum absolute atomic E-state index is 0.0139. The average Bonchev–Trinajstić information content (AvgIpc) is 2.86. The van der Waals surface area contributed by atoms with Crippen molar-refractivity contribution in [2.24, 2.45) is 5.92 Å². The Bertz CT molecular complexity index is 967. The lowest BCUT2D eigenvalue weighted by molar-refractivity contribution is -0.131. The predicted molar refractivity (Wildman–Crippen MR) is 132 cm³/mol. The van der Waals surface area contributed by atoms with E-state index >= 15 is 0 Å². The SMILES string of the molecule is CC(=O)N1CC[C@H]2CCCCN(Cc3ccncc3)CCOc3cccc(c3)C(=O)N(C)[C@H]2C1. The molecule has 1 aromatic heterocycles. The van der Waals surface area contributed by atoms with E-state index in [1.54, 1.807) is 6.92 Å². The number of likely N-dealkylation sites (N-methyl/N-ethyl adjacent to an activating group) is 1. The molecule has 2 aliphatic rings. The fraction of sp³-hybridized carbons (Fsp3) is 0.519. The molecule has 0 spiro atoms. The summed E-state index contributed by atoms with van der Waals surface area (Å²) in [5, 5.41) is 0. The quantitative estimate of drug-likeness (QED) is 0.681. The van der Waals surface area contributed by atoms with Crippen molar-refractivity contribution >= 4 is 11.8 Å². The number of piperidine rings is 1. The van der Waals surface area contributed by atoms with Gasteiger partial charge in [0.15, 0.2) is 0 Å². The van der Waals surface area contributed by atoms with E-state index in [0.29, 0.717) is 30.4 Å². The van der Waals surface area contributed by atoms with Crippen LogP contribution in [0.3, 0.4) is 0 Å². The minimum Gasteiger partial charge on any atom is -0.492 e. The number of hydrogen-bond donors (Lipinski definition) is 0. The summed E-state index contributed by atoms with van der Waals surface area (Å²) in [5.74, 6) is 1.17. The van der Waals surface area contributed by atoms with E-state index in [4.69, 9.17) is 4.74 Å². The first-order valence-corrected chi connectivity index (χ1v) is 12.4. The molecule has 4 rings (SSSR count). The summed E-state index contributed by atoms with van der Waals surface area (Å²) >= 11 is 0. The summed E-state index contributed by atoms with van der Waals surface area (Å²) in [4.78, 5) is 35.8. The molecule has 2 amide bonds. The van der Waals surface area contributed by atoms with Gasteiger partial charge < -0.3 is 14.5 Å². The van der Waals surface area contributed by atoms with Crippen LogP contribution >= 0.6 is 0 Å². The monoisotopic (exact) mass is 464 g/mol. The second kappa shape index (κ2) is 11.5. The zero-order valence-electron chi connectivity index (χ0n) is 20.4. The number of ether oxygens (including phenoxy) is 1. The van der Waals surface area contributed by atoms with Crippen LogP contribution in [0, 0.1) is 5.92 Å². The number of carbonyl (C=O) groups is 2. The maximum atomic E-state index is 13.4. The summed E-state index contributed by atoms with van der Waals surface area (Å²) < 4.78 is 6.05. The number of hydrogen-bond acceptors (Lipinski definition) is 5. The second-order valence-corrected chi connectivity index (χ2v) is 9.50. The normalized spacial score (nSPS) is 22.8. The number of amides is 2. The lowest BCUT2D eigenvalue weighted by Gasteiger charge is -2.43. The molecular formula is C27H36N4O3. The van der Waals surface area contributed by atoms with Gasteiger partial charge in [0.05, 0.1) is 6.04 Å². The number of carbonyl (C=O) groups excluding carboxylic acids is 2. The zero-order valence-corrected chi connectivity index (χ0v) is 20.4. The number of benzene rings is 1. The Balaban J connectivity index is 1.54. The van der Waals surface area contributed by atoms with Crippen LogP contribution in [0.1, 0.15) is 48.5 Å². The molecule has 7 heteroatoms. The molecule has 1 saturated heterocycles. The molecule has 2 bridgehead atoms. The van der Waals surface area contributed by atoms with E-state index in [1.165, 1.54) is 5.56 Å². The highest BCUT2D eigenvalue weighted by Gasteiger charge is 2.35. The van der Waals surface area contributed by atoms with Crippen molar-refractivity contribution in [2.45, 2.75) is 45.2 Å². The van der Waals surface area contributed by atoms with Crippen LogP contribution in [0.15, 0.2) is 48.8 Å². The molecule has 0 unspecified atom stereocenters. The van der Waals surface area contributed by atoms with Gasteiger partial charge in [-0.1, -0.05) is 12.5 Å². The van der Waals surface area contributed by atoms with Crippen molar-refractivity contribution in [3.8, 4) is 5.75 Å². The van der Waals surface area contributed by atoms with Crippen LogP contribution < -0.4 is 4.74 Å². The number of fused-ring (bicyclic) bond motifs is 3. The number of rotatable bonds is 2. The Morgan fingerprint density at radius 3 is 2.71 bits per heavy atom. The van der Waals surface area contributed by atoms with Gasteiger partial charge in [-0.15, -0.1) is 0 Å². The molecular weight excluding hydrogens is 428 g/mol. The Morgan fingerprint density at radius 2 is 1.91 bits per heavy atom. The van der Waals surface area contributed by atoms with Gasteiger partial charge in [-0.25, -0.2) is 0 Å². The summed E-state index contributed by atoms with van der Waals surface area (Å²) in [6, 6.07) is 11.6. The fourth-order valence-electron chi connectivity index (χ4n) is 5.17. The second-order valence-electron chi connectivity index (χ2n) is 9.50. The molecule has 7 nitrogen and oxygen atoms in total. The highest BCUT2D eigenvalue weighted by molar-refractivity contribution is 5.94. The molecule has 0 saturated carbocycles. The first-order chi connectivity index (χ1) is 16.5. The first kappa shape index (κ1) is 24.2. The molecule has 3 heterocycles.